The van der Waals surface area contributed by atoms with Gasteiger partial charge in [-0.25, -0.2) is 0 Å². The van der Waals surface area contributed by atoms with Gasteiger partial charge in [-0.2, -0.15) is 0 Å². The Morgan fingerprint density at radius 3 is 3.08 bits per heavy atom. The molecule has 1 N–H and O–H groups in total. The van der Waals surface area contributed by atoms with Crippen molar-refractivity contribution in [2.75, 3.05) is 18.5 Å². The van der Waals surface area contributed by atoms with Gasteiger partial charge in [0.05, 0.1) is 6.61 Å². The molecule has 0 atom stereocenters. The van der Waals surface area contributed by atoms with Gasteiger partial charge in [-0.15, -0.1) is 0 Å². The summed E-state index contributed by atoms with van der Waals surface area (Å²) in [4.78, 5) is 2.28. The van der Waals surface area contributed by atoms with Crippen LogP contribution < -0.4 is 4.90 Å². The molecule has 1 aromatic carbocycles. The fraction of sp³-hybridized carbons (Fsp3) is 0.455. The quantitative estimate of drug-likeness (QED) is 0.703. The Morgan fingerprint density at radius 2 is 2.31 bits per heavy atom. The number of benzene rings is 1. The van der Waals surface area contributed by atoms with Crippen molar-refractivity contribution in [3.05, 3.63) is 29.3 Å². The SMILES string of the molecule is CN1CCCc2cc(CO)ccc21. The summed E-state index contributed by atoms with van der Waals surface area (Å²) in [5.74, 6) is 0. The first kappa shape index (κ1) is 8.57. The molecule has 0 aromatic heterocycles. The lowest BCUT2D eigenvalue weighted by Gasteiger charge is -2.27. The number of anilines is 1. The number of fused-ring (bicyclic) bond motifs is 1. The highest BCUT2D eigenvalue weighted by Crippen LogP contribution is 2.26. The fourth-order valence-corrected chi connectivity index (χ4v) is 1.94. The van der Waals surface area contributed by atoms with Crippen molar-refractivity contribution >= 4 is 5.69 Å². The lowest BCUT2D eigenvalue weighted by Crippen LogP contribution is -2.24. The van der Waals surface area contributed by atoms with Crippen LogP contribution in [0.2, 0.25) is 0 Å². The molecule has 1 aliphatic rings. The van der Waals surface area contributed by atoms with E-state index >= 15 is 0 Å². The van der Waals surface area contributed by atoms with E-state index in [2.05, 4.69) is 24.1 Å². The predicted molar refractivity (Wildman–Crippen MR) is 54.0 cm³/mol. The van der Waals surface area contributed by atoms with Crippen LogP contribution >= 0.6 is 0 Å². The number of aryl methyl sites for hydroxylation is 1. The van der Waals surface area contributed by atoms with Crippen LogP contribution in [0.5, 0.6) is 0 Å². The fourth-order valence-electron chi connectivity index (χ4n) is 1.94. The zero-order chi connectivity index (χ0) is 9.26. The Labute approximate surface area is 78.8 Å². The summed E-state index contributed by atoms with van der Waals surface area (Å²) in [5, 5.41) is 8.99. The second kappa shape index (κ2) is 3.38. The summed E-state index contributed by atoms with van der Waals surface area (Å²) in [6, 6.07) is 6.23. The molecular formula is C11H15NO. The maximum atomic E-state index is 8.99. The molecule has 1 heterocycles. The van der Waals surface area contributed by atoms with Gasteiger partial charge in [0.25, 0.3) is 0 Å². The number of nitrogens with zero attached hydrogens (tertiary/aromatic N) is 1. The number of rotatable bonds is 1. The van der Waals surface area contributed by atoms with Crippen molar-refractivity contribution in [1.29, 1.82) is 0 Å². The zero-order valence-electron chi connectivity index (χ0n) is 7.95. The third-order valence-electron chi connectivity index (χ3n) is 2.68. The smallest absolute Gasteiger partial charge is 0.0681 e. The van der Waals surface area contributed by atoms with Crippen molar-refractivity contribution in [2.24, 2.45) is 0 Å². The Balaban J connectivity index is 2.39. The van der Waals surface area contributed by atoms with Gasteiger partial charge in [-0.3, -0.25) is 0 Å². The molecule has 2 heteroatoms. The van der Waals surface area contributed by atoms with E-state index < -0.39 is 0 Å². The van der Waals surface area contributed by atoms with E-state index in [0.717, 1.165) is 18.5 Å². The first-order chi connectivity index (χ1) is 6.31. The van der Waals surface area contributed by atoms with Crippen LogP contribution in [-0.4, -0.2) is 18.7 Å². The maximum Gasteiger partial charge on any atom is 0.0681 e. The molecule has 13 heavy (non-hydrogen) atoms. The van der Waals surface area contributed by atoms with E-state index in [9.17, 15) is 0 Å². The Bertz CT molecular complexity index is 309. The molecule has 0 fully saturated rings. The van der Waals surface area contributed by atoms with Crippen LogP contribution in [0, 0.1) is 0 Å². The zero-order valence-corrected chi connectivity index (χ0v) is 7.95. The van der Waals surface area contributed by atoms with Crippen molar-refractivity contribution in [3.8, 4) is 0 Å². The molecule has 0 saturated carbocycles. The number of aliphatic hydroxyl groups excluding tert-OH is 1. The molecule has 0 unspecified atom stereocenters. The Morgan fingerprint density at radius 1 is 1.46 bits per heavy atom. The summed E-state index contributed by atoms with van der Waals surface area (Å²) >= 11 is 0. The highest BCUT2D eigenvalue weighted by molar-refractivity contribution is 5.56. The molecule has 1 aromatic rings. The normalized spacial score (nSPS) is 15.7. The standard InChI is InChI=1S/C11H15NO/c1-12-6-2-3-10-7-9(8-13)4-5-11(10)12/h4-5,7,13H,2-3,6,8H2,1H3. The van der Waals surface area contributed by atoms with Gasteiger partial charge in [-0.05, 0) is 30.0 Å². The minimum atomic E-state index is 0.150. The second-order valence-electron chi connectivity index (χ2n) is 3.65. The third kappa shape index (κ3) is 1.54. The van der Waals surface area contributed by atoms with Crippen molar-refractivity contribution in [3.63, 3.8) is 0 Å². The lowest BCUT2D eigenvalue weighted by molar-refractivity contribution is 0.281. The molecule has 2 nitrogen and oxygen atoms in total. The summed E-state index contributed by atoms with van der Waals surface area (Å²) in [5.41, 5.74) is 3.72. The van der Waals surface area contributed by atoms with Crippen LogP contribution in [0.1, 0.15) is 17.5 Å². The van der Waals surface area contributed by atoms with Gasteiger partial charge in [0.2, 0.25) is 0 Å². The number of hydrogen-bond acceptors (Lipinski definition) is 2. The lowest BCUT2D eigenvalue weighted by atomic mass is 10.00. The van der Waals surface area contributed by atoms with Crippen molar-refractivity contribution < 1.29 is 5.11 Å². The molecule has 0 spiro atoms. The molecule has 0 radical (unpaired) electrons. The number of hydrogen-bond donors (Lipinski definition) is 1. The van der Waals surface area contributed by atoms with Crippen molar-refractivity contribution in [1.82, 2.24) is 0 Å². The van der Waals surface area contributed by atoms with Gasteiger partial charge in [-0.1, -0.05) is 12.1 Å². The monoisotopic (exact) mass is 177 g/mol. The molecular weight excluding hydrogens is 162 g/mol. The van der Waals surface area contributed by atoms with Gasteiger partial charge in [0.15, 0.2) is 0 Å². The summed E-state index contributed by atoms with van der Waals surface area (Å²) < 4.78 is 0. The van der Waals surface area contributed by atoms with Gasteiger partial charge in [0, 0.05) is 19.3 Å². The van der Waals surface area contributed by atoms with Crippen LogP contribution in [-0.2, 0) is 13.0 Å². The average Bonchev–Trinajstić information content (AvgIpc) is 2.18. The third-order valence-corrected chi connectivity index (χ3v) is 2.68. The molecule has 0 saturated heterocycles. The first-order valence-electron chi connectivity index (χ1n) is 4.75. The van der Waals surface area contributed by atoms with Gasteiger partial charge < -0.3 is 10.0 Å². The minimum absolute atomic E-state index is 0.150. The van der Waals surface area contributed by atoms with E-state index in [1.54, 1.807) is 0 Å². The van der Waals surface area contributed by atoms with Crippen LogP contribution in [0.3, 0.4) is 0 Å². The largest absolute Gasteiger partial charge is 0.392 e. The molecule has 70 valence electrons. The molecule has 0 bridgehead atoms. The van der Waals surface area contributed by atoms with Crippen LogP contribution in [0.15, 0.2) is 18.2 Å². The predicted octanol–water partition coefficient (Wildman–Crippen LogP) is 1.56. The molecule has 0 amide bonds. The maximum absolute atomic E-state index is 8.99. The average molecular weight is 177 g/mol. The molecule has 1 aliphatic heterocycles. The van der Waals surface area contributed by atoms with E-state index in [1.165, 1.54) is 17.7 Å². The second-order valence-corrected chi connectivity index (χ2v) is 3.65. The highest BCUT2D eigenvalue weighted by atomic mass is 16.3. The van der Waals surface area contributed by atoms with E-state index in [-0.39, 0.29) is 6.61 Å². The van der Waals surface area contributed by atoms with E-state index in [4.69, 9.17) is 5.11 Å². The van der Waals surface area contributed by atoms with E-state index in [0.29, 0.717) is 0 Å². The summed E-state index contributed by atoms with van der Waals surface area (Å²) in [6.45, 7) is 1.29. The topological polar surface area (TPSA) is 23.5 Å². The highest BCUT2D eigenvalue weighted by Gasteiger charge is 2.12. The first-order valence-corrected chi connectivity index (χ1v) is 4.75. The Kier molecular flexibility index (Phi) is 2.23. The molecule has 0 aliphatic carbocycles. The number of aliphatic hydroxyl groups is 1. The minimum Gasteiger partial charge on any atom is -0.392 e. The van der Waals surface area contributed by atoms with E-state index in [1.807, 2.05) is 6.07 Å². The van der Waals surface area contributed by atoms with Gasteiger partial charge >= 0.3 is 0 Å². The van der Waals surface area contributed by atoms with Gasteiger partial charge in [0.1, 0.15) is 0 Å². The molecule has 2 rings (SSSR count). The summed E-state index contributed by atoms with van der Waals surface area (Å²) in [7, 11) is 2.12. The van der Waals surface area contributed by atoms with Crippen LogP contribution in [0.4, 0.5) is 5.69 Å². The van der Waals surface area contributed by atoms with Crippen LogP contribution in [0.25, 0.3) is 0 Å². The summed E-state index contributed by atoms with van der Waals surface area (Å²) in [6.07, 6.45) is 2.37. The Hall–Kier alpha value is -1.02. The van der Waals surface area contributed by atoms with Crippen molar-refractivity contribution in [2.45, 2.75) is 19.4 Å².